The molecule has 3 aromatic rings. The summed E-state index contributed by atoms with van der Waals surface area (Å²) >= 11 is 0. The van der Waals surface area contributed by atoms with Gasteiger partial charge in [-0.3, -0.25) is 14.5 Å². The second-order valence-corrected chi connectivity index (χ2v) is 8.59. The highest BCUT2D eigenvalue weighted by Crippen LogP contribution is 2.35. The summed E-state index contributed by atoms with van der Waals surface area (Å²) in [5.41, 5.74) is 2.65. The van der Waals surface area contributed by atoms with E-state index in [4.69, 9.17) is 4.74 Å². The van der Waals surface area contributed by atoms with Crippen LogP contribution in [0.25, 0.3) is 0 Å². The number of hydrogen-bond donors (Lipinski definition) is 2. The van der Waals surface area contributed by atoms with E-state index in [9.17, 15) is 14.4 Å². The van der Waals surface area contributed by atoms with E-state index in [2.05, 4.69) is 10.6 Å². The fourth-order valence-electron chi connectivity index (χ4n) is 4.09. The fourth-order valence-corrected chi connectivity index (χ4v) is 4.09. The first-order valence-electron chi connectivity index (χ1n) is 11.4. The lowest BCUT2D eigenvalue weighted by Gasteiger charge is -2.24. The van der Waals surface area contributed by atoms with Gasteiger partial charge in [0.2, 0.25) is 5.91 Å². The third kappa shape index (κ3) is 4.78. The number of anilines is 1. The average Bonchev–Trinajstić information content (AvgIpc) is 3.62. The number of benzene rings is 3. The van der Waals surface area contributed by atoms with Crippen molar-refractivity contribution in [3.8, 4) is 0 Å². The number of ether oxygens (including phenoxy) is 1. The van der Waals surface area contributed by atoms with Crippen LogP contribution in [0.3, 0.4) is 0 Å². The Balaban J connectivity index is 1.40. The smallest absolute Gasteiger partial charge is 0.411 e. The number of carbonyl (C=O) groups is 3. The van der Waals surface area contributed by atoms with Gasteiger partial charge < -0.3 is 15.4 Å². The molecule has 5 rings (SSSR count). The van der Waals surface area contributed by atoms with Gasteiger partial charge in [-0.2, -0.15) is 0 Å². The molecule has 1 saturated heterocycles. The van der Waals surface area contributed by atoms with Gasteiger partial charge in [-0.1, -0.05) is 60.7 Å². The molecule has 172 valence electrons. The fraction of sp³-hybridized carbons (Fsp3) is 0.222. The lowest BCUT2D eigenvalue weighted by molar-refractivity contribution is -0.126. The van der Waals surface area contributed by atoms with Crippen molar-refractivity contribution in [1.29, 1.82) is 0 Å². The first-order chi connectivity index (χ1) is 16.6. The average molecular weight is 456 g/mol. The number of nitrogens with one attached hydrogen (secondary N) is 2. The minimum atomic E-state index is -0.812. The van der Waals surface area contributed by atoms with Gasteiger partial charge in [0, 0.05) is 17.3 Å². The maximum Gasteiger partial charge on any atom is 0.411 e. The Hall–Kier alpha value is -4.13. The van der Waals surface area contributed by atoms with Crippen LogP contribution in [0.1, 0.15) is 40.4 Å². The molecule has 2 atom stereocenters. The standard InChI is InChI=1S/C27H25N3O4/c31-25(19-10-5-2-6-11-19)29-22-13-7-12-20(16-22)24-23(26(32)28-21-14-15-21)30(27(33)34-24)17-18-8-3-1-4-9-18/h1-13,16,21,23-24H,14-15,17H2,(H,28,32)(H,29,31). The van der Waals surface area contributed by atoms with Gasteiger partial charge in [-0.15, -0.1) is 0 Å². The van der Waals surface area contributed by atoms with Gasteiger partial charge in [-0.05, 0) is 48.2 Å². The van der Waals surface area contributed by atoms with Crippen LogP contribution in [0, 0.1) is 0 Å². The van der Waals surface area contributed by atoms with Crippen LogP contribution in [0.5, 0.6) is 0 Å². The third-order valence-electron chi connectivity index (χ3n) is 5.98. The maximum atomic E-state index is 13.2. The Morgan fingerprint density at radius 3 is 2.32 bits per heavy atom. The molecular formula is C27H25N3O4. The second kappa shape index (κ2) is 9.39. The van der Waals surface area contributed by atoms with Crippen LogP contribution in [0.15, 0.2) is 84.9 Å². The van der Waals surface area contributed by atoms with Gasteiger partial charge in [0.15, 0.2) is 12.1 Å². The van der Waals surface area contributed by atoms with Gasteiger partial charge in [-0.25, -0.2) is 4.79 Å². The summed E-state index contributed by atoms with van der Waals surface area (Å²) in [6, 6.07) is 24.9. The SMILES string of the molecule is O=C(Nc1cccc(C2OC(=O)N(Cc3ccccc3)C2C(=O)NC2CC2)c1)c1ccccc1. The summed E-state index contributed by atoms with van der Waals surface area (Å²) < 4.78 is 5.73. The summed E-state index contributed by atoms with van der Waals surface area (Å²) in [6.07, 6.45) is 0.557. The number of rotatable bonds is 7. The first-order valence-corrected chi connectivity index (χ1v) is 11.4. The Morgan fingerprint density at radius 1 is 0.912 bits per heavy atom. The van der Waals surface area contributed by atoms with Crippen LogP contribution in [0.4, 0.5) is 10.5 Å². The van der Waals surface area contributed by atoms with Gasteiger partial charge in [0.1, 0.15) is 0 Å². The van der Waals surface area contributed by atoms with Crippen molar-refractivity contribution in [3.63, 3.8) is 0 Å². The van der Waals surface area contributed by atoms with Crippen LogP contribution in [-0.2, 0) is 16.1 Å². The zero-order valence-corrected chi connectivity index (χ0v) is 18.5. The minimum Gasteiger partial charge on any atom is -0.438 e. The molecule has 7 nitrogen and oxygen atoms in total. The summed E-state index contributed by atoms with van der Waals surface area (Å²) in [6.45, 7) is 0.267. The minimum absolute atomic E-state index is 0.152. The number of nitrogens with zero attached hydrogens (tertiary/aromatic N) is 1. The van der Waals surface area contributed by atoms with Gasteiger partial charge in [0.25, 0.3) is 5.91 Å². The van der Waals surface area contributed by atoms with E-state index < -0.39 is 18.2 Å². The zero-order chi connectivity index (χ0) is 23.5. The summed E-state index contributed by atoms with van der Waals surface area (Å²) in [5, 5.41) is 5.89. The maximum absolute atomic E-state index is 13.2. The quantitative estimate of drug-likeness (QED) is 0.557. The van der Waals surface area contributed by atoms with E-state index >= 15 is 0 Å². The Bertz CT molecular complexity index is 1190. The van der Waals surface area contributed by atoms with E-state index in [1.165, 1.54) is 4.90 Å². The zero-order valence-electron chi connectivity index (χ0n) is 18.5. The van der Waals surface area contributed by atoms with Crippen molar-refractivity contribution < 1.29 is 19.1 Å². The predicted molar refractivity (Wildman–Crippen MR) is 127 cm³/mol. The normalized spacial score (nSPS) is 19.4. The molecule has 0 bridgehead atoms. The molecule has 1 saturated carbocycles. The highest BCUT2D eigenvalue weighted by molar-refractivity contribution is 6.04. The van der Waals surface area contributed by atoms with Crippen molar-refractivity contribution in [2.24, 2.45) is 0 Å². The molecule has 1 aliphatic carbocycles. The van der Waals surface area contributed by atoms with Gasteiger partial charge >= 0.3 is 6.09 Å². The third-order valence-corrected chi connectivity index (χ3v) is 5.98. The van der Waals surface area contributed by atoms with E-state index in [0.29, 0.717) is 16.8 Å². The van der Waals surface area contributed by atoms with Crippen molar-refractivity contribution >= 4 is 23.6 Å². The molecule has 3 amide bonds. The summed E-state index contributed by atoms with van der Waals surface area (Å²) in [7, 11) is 0. The number of hydrogen-bond acceptors (Lipinski definition) is 4. The van der Waals surface area contributed by atoms with Crippen LogP contribution in [0.2, 0.25) is 0 Å². The molecule has 2 fully saturated rings. The second-order valence-electron chi connectivity index (χ2n) is 8.59. The van der Waals surface area contributed by atoms with E-state index in [1.807, 2.05) is 36.4 Å². The molecule has 0 spiro atoms. The van der Waals surface area contributed by atoms with Crippen LogP contribution < -0.4 is 10.6 Å². The summed E-state index contributed by atoms with van der Waals surface area (Å²) in [4.78, 5) is 40.2. The van der Waals surface area contributed by atoms with Crippen LogP contribution >= 0.6 is 0 Å². The number of cyclic esters (lactones) is 1. The monoisotopic (exact) mass is 455 g/mol. The lowest BCUT2D eigenvalue weighted by atomic mass is 10.00. The molecule has 1 aliphatic heterocycles. The number of carbonyl (C=O) groups excluding carboxylic acids is 3. The van der Waals surface area contributed by atoms with Gasteiger partial charge in [0.05, 0.1) is 6.54 Å². The topological polar surface area (TPSA) is 87.7 Å². The largest absolute Gasteiger partial charge is 0.438 e. The van der Waals surface area contributed by atoms with Crippen molar-refractivity contribution in [2.45, 2.75) is 37.6 Å². The Labute approximate surface area is 197 Å². The predicted octanol–water partition coefficient (Wildman–Crippen LogP) is 4.28. The summed E-state index contributed by atoms with van der Waals surface area (Å²) in [5.74, 6) is -0.470. The molecule has 0 radical (unpaired) electrons. The molecule has 7 heteroatoms. The van der Waals surface area contributed by atoms with Crippen molar-refractivity contribution in [3.05, 3.63) is 102 Å². The molecule has 2 N–H and O–H groups in total. The first kappa shape index (κ1) is 21.7. The van der Waals surface area contributed by atoms with Crippen molar-refractivity contribution in [1.82, 2.24) is 10.2 Å². The highest BCUT2D eigenvalue weighted by atomic mass is 16.6. The molecule has 0 aromatic heterocycles. The molecular weight excluding hydrogens is 430 g/mol. The molecule has 2 unspecified atom stereocenters. The number of amides is 3. The van der Waals surface area contributed by atoms with Crippen LogP contribution in [-0.4, -0.2) is 34.9 Å². The highest BCUT2D eigenvalue weighted by Gasteiger charge is 2.47. The van der Waals surface area contributed by atoms with E-state index in [1.54, 1.807) is 48.5 Å². The van der Waals surface area contributed by atoms with E-state index in [-0.39, 0.29) is 24.4 Å². The van der Waals surface area contributed by atoms with E-state index in [0.717, 1.165) is 18.4 Å². The molecule has 1 heterocycles. The Kier molecular flexibility index (Phi) is 5.99. The Morgan fingerprint density at radius 2 is 1.62 bits per heavy atom. The molecule has 3 aromatic carbocycles. The molecule has 2 aliphatic rings. The molecule has 34 heavy (non-hydrogen) atoms. The lowest BCUT2D eigenvalue weighted by Crippen LogP contribution is -2.46. The van der Waals surface area contributed by atoms with Crippen molar-refractivity contribution in [2.75, 3.05) is 5.32 Å².